The summed E-state index contributed by atoms with van der Waals surface area (Å²) >= 11 is 4.62. The van der Waals surface area contributed by atoms with Crippen molar-refractivity contribution in [3.05, 3.63) is 65.7 Å². The summed E-state index contributed by atoms with van der Waals surface area (Å²) in [6.07, 6.45) is 0.733. The molecule has 0 unspecified atom stereocenters. The largest absolute Gasteiger partial charge is 0.193 e. The molecule has 0 aliphatic rings. The predicted octanol–water partition coefficient (Wildman–Crippen LogP) is 4.02. The molecule has 0 aliphatic heterocycles. The van der Waals surface area contributed by atoms with Gasteiger partial charge in [-0.1, -0.05) is 54.3 Å². The normalized spacial score (nSPS) is 8.89. The monoisotopic (exact) mass is 249 g/mol. The van der Waals surface area contributed by atoms with Crippen LogP contribution < -0.4 is 0 Å². The van der Waals surface area contributed by atoms with Crippen molar-refractivity contribution in [3.63, 3.8) is 0 Å². The van der Waals surface area contributed by atoms with E-state index in [2.05, 4.69) is 46.3 Å². The van der Waals surface area contributed by atoms with E-state index >= 15 is 0 Å². The van der Waals surface area contributed by atoms with Gasteiger partial charge in [0.1, 0.15) is 0 Å². The Morgan fingerprint density at radius 2 is 1.67 bits per heavy atom. The minimum Gasteiger partial charge on any atom is -0.193 e. The summed E-state index contributed by atoms with van der Waals surface area (Å²) in [7, 11) is 0. The second kappa shape index (κ2) is 6.51. The zero-order chi connectivity index (χ0) is 12.6. The Bertz CT molecular complexity index is 629. The Morgan fingerprint density at radius 1 is 0.944 bits per heavy atom. The summed E-state index contributed by atoms with van der Waals surface area (Å²) in [4.78, 5) is 3.99. The van der Waals surface area contributed by atoms with Crippen molar-refractivity contribution in [1.82, 2.24) is 0 Å². The first-order valence-electron chi connectivity index (χ1n) is 5.60. The number of benzene rings is 2. The highest BCUT2D eigenvalue weighted by atomic mass is 32.1. The molecule has 0 bridgehead atoms. The average molecular weight is 249 g/mol. The Hall–Kier alpha value is -2.20. The zero-order valence-electron chi connectivity index (χ0n) is 9.76. The van der Waals surface area contributed by atoms with Crippen LogP contribution in [-0.2, 0) is 6.42 Å². The van der Waals surface area contributed by atoms with Crippen LogP contribution in [-0.4, -0.2) is 5.16 Å². The van der Waals surface area contributed by atoms with Gasteiger partial charge in [0, 0.05) is 6.42 Å². The van der Waals surface area contributed by atoms with Crippen LogP contribution >= 0.6 is 12.2 Å². The molecule has 0 heterocycles. The molecule has 1 nitrogen and oxygen atoms in total. The quantitative estimate of drug-likeness (QED) is 0.445. The van der Waals surface area contributed by atoms with Gasteiger partial charge < -0.3 is 0 Å². The lowest BCUT2D eigenvalue weighted by Gasteiger charge is -1.95. The third-order valence-corrected chi connectivity index (χ3v) is 2.52. The lowest BCUT2D eigenvalue weighted by atomic mass is 10.1. The molecule has 2 aromatic rings. The highest BCUT2D eigenvalue weighted by molar-refractivity contribution is 7.78. The maximum absolute atomic E-state index is 4.62. The summed E-state index contributed by atoms with van der Waals surface area (Å²) in [5.41, 5.74) is 2.86. The highest BCUT2D eigenvalue weighted by Gasteiger charge is 1.94. The maximum Gasteiger partial charge on any atom is 0.0895 e. The fourth-order valence-electron chi connectivity index (χ4n) is 1.56. The van der Waals surface area contributed by atoms with Gasteiger partial charge >= 0.3 is 0 Å². The summed E-state index contributed by atoms with van der Waals surface area (Å²) in [6.45, 7) is 0. The van der Waals surface area contributed by atoms with E-state index < -0.39 is 0 Å². The maximum atomic E-state index is 4.62. The molecular weight excluding hydrogens is 238 g/mol. The molecule has 0 saturated heterocycles. The second-order valence-corrected chi connectivity index (χ2v) is 3.87. The van der Waals surface area contributed by atoms with Crippen molar-refractivity contribution >= 4 is 23.1 Å². The zero-order valence-corrected chi connectivity index (χ0v) is 10.6. The highest BCUT2D eigenvalue weighted by Crippen LogP contribution is 2.16. The fraction of sp³-hybridized carbons (Fsp3) is 0.0625. The first-order chi connectivity index (χ1) is 8.90. The number of hydrogen-bond donors (Lipinski definition) is 0. The van der Waals surface area contributed by atoms with Gasteiger partial charge in [0.15, 0.2) is 0 Å². The van der Waals surface area contributed by atoms with E-state index in [1.165, 1.54) is 5.56 Å². The van der Waals surface area contributed by atoms with Crippen LogP contribution in [0.2, 0.25) is 0 Å². The standard InChI is InChI=1S/C16H11NS/c18-13-17-16-12-5-4-10-15(16)11-6-9-14-7-2-1-3-8-14/h1-5,7-8,10,12H,9H2. The fourth-order valence-corrected chi connectivity index (χ4v) is 1.66. The lowest BCUT2D eigenvalue weighted by molar-refractivity contribution is 1.32. The molecule has 0 saturated carbocycles. The number of isothiocyanates is 1. The van der Waals surface area contributed by atoms with E-state index in [1.54, 1.807) is 0 Å². The van der Waals surface area contributed by atoms with Crippen molar-refractivity contribution in [1.29, 1.82) is 0 Å². The van der Waals surface area contributed by atoms with Gasteiger partial charge in [0.2, 0.25) is 0 Å². The smallest absolute Gasteiger partial charge is 0.0895 e. The van der Waals surface area contributed by atoms with Crippen LogP contribution in [0.1, 0.15) is 11.1 Å². The topological polar surface area (TPSA) is 12.4 Å². The minimum absolute atomic E-state index is 0.733. The Morgan fingerprint density at radius 3 is 2.44 bits per heavy atom. The van der Waals surface area contributed by atoms with Crippen LogP contribution in [0.25, 0.3) is 0 Å². The van der Waals surface area contributed by atoms with Crippen molar-refractivity contribution in [3.8, 4) is 11.8 Å². The molecule has 0 aliphatic carbocycles. The van der Waals surface area contributed by atoms with E-state index in [1.807, 2.05) is 42.5 Å². The summed E-state index contributed by atoms with van der Waals surface area (Å²) in [5.74, 6) is 6.26. The molecule has 0 amide bonds. The molecule has 0 spiro atoms. The summed E-state index contributed by atoms with van der Waals surface area (Å²) < 4.78 is 0. The lowest BCUT2D eigenvalue weighted by Crippen LogP contribution is -1.80. The van der Waals surface area contributed by atoms with Crippen molar-refractivity contribution < 1.29 is 0 Å². The molecule has 2 aromatic carbocycles. The first-order valence-corrected chi connectivity index (χ1v) is 6.00. The Balaban J connectivity index is 2.18. The molecule has 2 heteroatoms. The van der Waals surface area contributed by atoms with Crippen LogP contribution in [0.15, 0.2) is 59.6 Å². The Kier molecular flexibility index (Phi) is 4.44. The molecule has 18 heavy (non-hydrogen) atoms. The molecule has 0 aromatic heterocycles. The van der Waals surface area contributed by atoms with Gasteiger partial charge in [-0.05, 0) is 29.9 Å². The van der Waals surface area contributed by atoms with Crippen LogP contribution in [0, 0.1) is 11.8 Å². The van der Waals surface area contributed by atoms with Gasteiger partial charge in [-0.3, -0.25) is 0 Å². The van der Waals surface area contributed by atoms with Gasteiger partial charge in [-0.25, -0.2) is 0 Å². The molecule has 0 fully saturated rings. The van der Waals surface area contributed by atoms with Crippen LogP contribution in [0.4, 0.5) is 5.69 Å². The molecule has 2 rings (SSSR count). The number of para-hydroxylation sites is 1. The summed E-state index contributed by atoms with van der Waals surface area (Å²) in [5, 5.41) is 2.37. The second-order valence-electron chi connectivity index (χ2n) is 3.68. The minimum atomic E-state index is 0.733. The number of aliphatic imine (C=N–C) groups is 1. The third-order valence-electron chi connectivity index (χ3n) is 2.43. The van der Waals surface area contributed by atoms with E-state index in [-0.39, 0.29) is 0 Å². The molecule has 0 radical (unpaired) electrons. The molecular formula is C16H11NS. The van der Waals surface area contributed by atoms with Crippen LogP contribution in [0.5, 0.6) is 0 Å². The number of thiocarbonyl (C=S) groups is 1. The van der Waals surface area contributed by atoms with Gasteiger partial charge in [0.05, 0.1) is 16.4 Å². The number of hydrogen-bond acceptors (Lipinski definition) is 2. The predicted molar refractivity (Wildman–Crippen MR) is 78.2 cm³/mol. The average Bonchev–Trinajstić information content (AvgIpc) is 2.42. The first kappa shape index (κ1) is 12.3. The van der Waals surface area contributed by atoms with Gasteiger partial charge in [-0.2, -0.15) is 4.99 Å². The number of rotatable bonds is 2. The number of nitrogens with zero attached hydrogens (tertiary/aromatic N) is 1. The van der Waals surface area contributed by atoms with Gasteiger partial charge in [-0.15, -0.1) is 0 Å². The van der Waals surface area contributed by atoms with Gasteiger partial charge in [0.25, 0.3) is 0 Å². The van der Waals surface area contributed by atoms with Crippen molar-refractivity contribution in [2.75, 3.05) is 0 Å². The van der Waals surface area contributed by atoms with E-state index in [9.17, 15) is 0 Å². The third kappa shape index (κ3) is 3.40. The SMILES string of the molecule is S=C=Nc1ccccc1C#CCc1ccccc1. The van der Waals surface area contributed by atoms with Crippen molar-refractivity contribution in [2.24, 2.45) is 4.99 Å². The van der Waals surface area contributed by atoms with E-state index in [0.29, 0.717) is 0 Å². The summed E-state index contributed by atoms with van der Waals surface area (Å²) in [6, 6.07) is 17.8. The van der Waals surface area contributed by atoms with Crippen molar-refractivity contribution in [2.45, 2.75) is 6.42 Å². The molecule has 0 atom stereocenters. The Labute approximate surface area is 112 Å². The van der Waals surface area contributed by atoms with Crippen LogP contribution in [0.3, 0.4) is 0 Å². The molecule has 86 valence electrons. The van der Waals surface area contributed by atoms with E-state index in [0.717, 1.165) is 17.7 Å². The molecule has 0 N–H and O–H groups in total. The van der Waals surface area contributed by atoms with E-state index in [4.69, 9.17) is 0 Å².